The average Bonchev–Trinajstić information content (AvgIpc) is 3.00. The van der Waals surface area contributed by atoms with Gasteiger partial charge in [-0.25, -0.2) is 9.59 Å². The standard InChI is InChI=1S/C15H16N2O6/c1-21-14(19)10-7-13(18)17(15(20)16-10)5-4-9-2-3-11-12(6-9)23-8-22-11/h2-3,6,10H,4-5,7-8H2,1H3,(H,16,20). The smallest absolute Gasteiger partial charge is 0.328 e. The molecule has 1 N–H and O–H groups in total. The van der Waals surface area contributed by atoms with E-state index in [1.807, 2.05) is 12.1 Å². The molecule has 1 saturated heterocycles. The van der Waals surface area contributed by atoms with E-state index in [0.29, 0.717) is 17.9 Å². The number of benzene rings is 1. The minimum absolute atomic E-state index is 0.0977. The first-order chi connectivity index (χ1) is 11.1. The lowest BCUT2D eigenvalue weighted by Crippen LogP contribution is -2.57. The van der Waals surface area contributed by atoms with E-state index in [9.17, 15) is 14.4 Å². The van der Waals surface area contributed by atoms with E-state index in [1.54, 1.807) is 6.07 Å². The largest absolute Gasteiger partial charge is 0.467 e. The number of rotatable bonds is 4. The summed E-state index contributed by atoms with van der Waals surface area (Å²) >= 11 is 0. The Morgan fingerprint density at radius 2 is 2.13 bits per heavy atom. The third kappa shape index (κ3) is 3.05. The van der Waals surface area contributed by atoms with Crippen molar-refractivity contribution < 1.29 is 28.6 Å². The molecule has 8 nitrogen and oxygen atoms in total. The van der Waals surface area contributed by atoms with Crippen LogP contribution >= 0.6 is 0 Å². The molecule has 3 amide bonds. The highest BCUT2D eigenvalue weighted by Crippen LogP contribution is 2.32. The third-order valence-electron chi connectivity index (χ3n) is 3.77. The van der Waals surface area contributed by atoms with Crippen LogP contribution in [0.25, 0.3) is 0 Å². The molecule has 0 bridgehead atoms. The van der Waals surface area contributed by atoms with E-state index >= 15 is 0 Å². The summed E-state index contributed by atoms with van der Waals surface area (Å²) in [4.78, 5) is 36.6. The Kier molecular flexibility index (Phi) is 4.05. The topological polar surface area (TPSA) is 94.2 Å². The molecule has 0 aromatic heterocycles. The minimum atomic E-state index is -0.915. The molecule has 0 saturated carbocycles. The van der Waals surface area contributed by atoms with E-state index < -0.39 is 23.9 Å². The molecule has 1 atom stereocenters. The van der Waals surface area contributed by atoms with Crippen LogP contribution in [0.15, 0.2) is 18.2 Å². The van der Waals surface area contributed by atoms with Crippen LogP contribution in [0.2, 0.25) is 0 Å². The Hall–Kier alpha value is -2.77. The summed E-state index contributed by atoms with van der Waals surface area (Å²) in [6, 6.07) is 3.98. The highest BCUT2D eigenvalue weighted by molar-refractivity contribution is 6.01. The molecule has 0 radical (unpaired) electrons. The van der Waals surface area contributed by atoms with Gasteiger partial charge in [0.2, 0.25) is 12.7 Å². The second-order valence-corrected chi connectivity index (χ2v) is 5.21. The predicted molar refractivity (Wildman–Crippen MR) is 76.9 cm³/mol. The summed E-state index contributed by atoms with van der Waals surface area (Å²) in [5, 5.41) is 2.47. The Morgan fingerprint density at radius 3 is 2.87 bits per heavy atom. The van der Waals surface area contributed by atoms with Gasteiger partial charge in [0, 0.05) is 6.54 Å². The van der Waals surface area contributed by atoms with Crippen LogP contribution in [-0.4, -0.2) is 49.3 Å². The number of hydrogen-bond donors (Lipinski definition) is 1. The third-order valence-corrected chi connectivity index (χ3v) is 3.77. The molecule has 0 aliphatic carbocycles. The number of fused-ring (bicyclic) bond motifs is 1. The van der Waals surface area contributed by atoms with E-state index in [1.165, 1.54) is 7.11 Å². The van der Waals surface area contributed by atoms with Crippen LogP contribution in [0, 0.1) is 0 Å². The number of carbonyl (C=O) groups excluding carboxylic acids is 3. The molecular weight excluding hydrogens is 304 g/mol. The molecule has 0 spiro atoms. The molecule has 8 heteroatoms. The fraction of sp³-hybridized carbons (Fsp3) is 0.400. The van der Waals surface area contributed by atoms with E-state index in [4.69, 9.17) is 9.47 Å². The van der Waals surface area contributed by atoms with E-state index in [0.717, 1.165) is 10.5 Å². The predicted octanol–water partition coefficient (Wildman–Crippen LogP) is 0.441. The van der Waals surface area contributed by atoms with Crippen LogP contribution in [-0.2, 0) is 20.7 Å². The fourth-order valence-electron chi connectivity index (χ4n) is 2.52. The number of ether oxygens (including phenoxy) is 3. The first-order valence-electron chi connectivity index (χ1n) is 7.15. The summed E-state index contributed by atoms with van der Waals surface area (Å²) in [6.45, 7) is 0.416. The van der Waals surface area contributed by atoms with E-state index in [2.05, 4.69) is 10.1 Å². The molecule has 1 aromatic rings. The van der Waals surface area contributed by atoms with Crippen LogP contribution in [0.1, 0.15) is 12.0 Å². The average molecular weight is 320 g/mol. The first-order valence-corrected chi connectivity index (χ1v) is 7.15. The van der Waals surface area contributed by atoms with Crippen LogP contribution in [0.3, 0.4) is 0 Å². The lowest BCUT2D eigenvalue weighted by molar-refractivity contribution is -0.147. The van der Waals surface area contributed by atoms with Gasteiger partial charge in [-0.05, 0) is 24.1 Å². The Labute approximate surface area is 132 Å². The van der Waals surface area contributed by atoms with Gasteiger partial charge in [-0.3, -0.25) is 9.69 Å². The Bertz CT molecular complexity index is 641. The van der Waals surface area contributed by atoms with Gasteiger partial charge >= 0.3 is 12.0 Å². The molecule has 2 aliphatic heterocycles. The molecule has 1 fully saturated rings. The number of hydrogen-bond acceptors (Lipinski definition) is 6. The second kappa shape index (κ2) is 6.15. The highest BCUT2D eigenvalue weighted by atomic mass is 16.7. The van der Waals surface area contributed by atoms with Gasteiger partial charge in [0.25, 0.3) is 0 Å². The molecule has 2 heterocycles. The van der Waals surface area contributed by atoms with Gasteiger partial charge < -0.3 is 19.5 Å². The Morgan fingerprint density at radius 1 is 1.35 bits per heavy atom. The van der Waals surface area contributed by atoms with Crippen molar-refractivity contribution in [2.24, 2.45) is 0 Å². The number of methoxy groups -OCH3 is 1. The molecule has 122 valence electrons. The minimum Gasteiger partial charge on any atom is -0.467 e. The molecule has 1 aromatic carbocycles. The monoisotopic (exact) mass is 320 g/mol. The normalized spacial score (nSPS) is 19.5. The van der Waals surface area contributed by atoms with Crippen molar-refractivity contribution in [1.29, 1.82) is 0 Å². The SMILES string of the molecule is COC(=O)C1CC(=O)N(CCc2ccc3c(c2)OCO3)C(=O)N1. The van der Waals surface area contributed by atoms with Crippen molar-refractivity contribution in [3.63, 3.8) is 0 Å². The quantitative estimate of drug-likeness (QED) is 0.809. The van der Waals surface area contributed by atoms with Gasteiger partial charge in [-0.15, -0.1) is 0 Å². The highest BCUT2D eigenvalue weighted by Gasteiger charge is 2.35. The maximum atomic E-state index is 12.1. The lowest BCUT2D eigenvalue weighted by Gasteiger charge is -2.29. The molecule has 2 aliphatic rings. The van der Waals surface area contributed by atoms with Crippen molar-refractivity contribution in [3.05, 3.63) is 23.8 Å². The van der Waals surface area contributed by atoms with Crippen molar-refractivity contribution in [2.75, 3.05) is 20.4 Å². The molecular formula is C15H16N2O6. The Balaban J connectivity index is 1.61. The number of imide groups is 1. The zero-order valence-corrected chi connectivity index (χ0v) is 12.5. The maximum absolute atomic E-state index is 12.1. The summed E-state index contributed by atoms with van der Waals surface area (Å²) in [5.74, 6) is 0.316. The first kappa shape index (κ1) is 15.1. The molecule has 1 unspecified atom stereocenters. The van der Waals surface area contributed by atoms with Gasteiger partial charge in [0.15, 0.2) is 11.5 Å². The number of nitrogens with one attached hydrogen (secondary N) is 1. The number of amides is 3. The van der Waals surface area contributed by atoms with Crippen LogP contribution in [0.4, 0.5) is 4.79 Å². The fourth-order valence-corrected chi connectivity index (χ4v) is 2.52. The summed E-state index contributed by atoms with van der Waals surface area (Å²) < 4.78 is 15.1. The summed E-state index contributed by atoms with van der Waals surface area (Å²) in [7, 11) is 1.21. The van der Waals surface area contributed by atoms with Gasteiger partial charge in [0.1, 0.15) is 6.04 Å². The van der Waals surface area contributed by atoms with Crippen molar-refractivity contribution in [1.82, 2.24) is 10.2 Å². The van der Waals surface area contributed by atoms with Gasteiger partial charge in [-0.1, -0.05) is 6.07 Å². The van der Waals surface area contributed by atoms with Crippen LogP contribution < -0.4 is 14.8 Å². The zero-order valence-electron chi connectivity index (χ0n) is 12.5. The van der Waals surface area contributed by atoms with Crippen molar-refractivity contribution in [2.45, 2.75) is 18.9 Å². The molecule has 3 rings (SSSR count). The van der Waals surface area contributed by atoms with Gasteiger partial charge in [-0.2, -0.15) is 0 Å². The second-order valence-electron chi connectivity index (χ2n) is 5.21. The zero-order chi connectivity index (χ0) is 16.4. The number of urea groups is 1. The molecule has 23 heavy (non-hydrogen) atoms. The van der Waals surface area contributed by atoms with Gasteiger partial charge in [0.05, 0.1) is 13.5 Å². The number of nitrogens with zero attached hydrogens (tertiary/aromatic N) is 1. The lowest BCUT2D eigenvalue weighted by atomic mass is 10.1. The number of esters is 1. The van der Waals surface area contributed by atoms with Crippen molar-refractivity contribution >= 4 is 17.9 Å². The summed E-state index contributed by atoms with van der Waals surface area (Å²) in [5.41, 5.74) is 0.921. The number of carbonyl (C=O) groups is 3. The van der Waals surface area contributed by atoms with Crippen molar-refractivity contribution in [3.8, 4) is 11.5 Å². The maximum Gasteiger partial charge on any atom is 0.328 e. The van der Waals surface area contributed by atoms with E-state index in [-0.39, 0.29) is 19.8 Å². The summed E-state index contributed by atoms with van der Waals surface area (Å²) in [6.07, 6.45) is 0.387. The van der Waals surface area contributed by atoms with Crippen LogP contribution in [0.5, 0.6) is 11.5 Å².